The molecule has 0 amide bonds. The normalized spacial score (nSPS) is 12.8. The highest BCUT2D eigenvalue weighted by molar-refractivity contribution is 7.94. The van der Waals surface area contributed by atoms with Crippen LogP contribution in [0.3, 0.4) is 0 Å². The SMILES string of the molecule is CCCCC(OC(=O)C(C)NS(=O)(=O)CCCSOOC(C)C)C(=O)OCC.CCOC(=O)COC(=O)CNS(=O)(=O)CCCSOOC(C)C. The average molecular weight is 817 g/mol. The van der Waals surface area contributed by atoms with Crippen molar-refractivity contribution in [2.24, 2.45) is 0 Å². The lowest BCUT2D eigenvalue weighted by atomic mass is 10.1. The predicted molar refractivity (Wildman–Crippen MR) is 191 cm³/mol. The minimum absolute atomic E-state index is 0.0754. The van der Waals surface area contributed by atoms with Crippen molar-refractivity contribution in [1.82, 2.24) is 9.44 Å². The molecule has 2 atom stereocenters. The smallest absolute Gasteiger partial charge is 0.347 e. The summed E-state index contributed by atoms with van der Waals surface area (Å²) in [4.78, 5) is 56.0. The minimum atomic E-state index is -3.69. The summed E-state index contributed by atoms with van der Waals surface area (Å²) in [5, 5.41) is 0. The van der Waals surface area contributed by atoms with Crippen molar-refractivity contribution < 1.29 is 73.4 Å². The lowest BCUT2D eigenvalue weighted by Gasteiger charge is -2.19. The van der Waals surface area contributed by atoms with Crippen molar-refractivity contribution in [3.05, 3.63) is 0 Å². The molecule has 302 valence electrons. The lowest BCUT2D eigenvalue weighted by molar-refractivity contribution is -0.220. The summed E-state index contributed by atoms with van der Waals surface area (Å²) in [5.74, 6) is -2.51. The van der Waals surface area contributed by atoms with Gasteiger partial charge in [0.15, 0.2) is 12.7 Å². The molecule has 0 spiro atoms. The second-order valence-electron chi connectivity index (χ2n) is 10.9. The first kappa shape index (κ1) is 51.3. The Bertz CT molecular complexity index is 1190. The Kier molecular flexibility index (Phi) is 30.9. The van der Waals surface area contributed by atoms with Crippen LogP contribution in [-0.2, 0) is 76.6 Å². The van der Waals surface area contributed by atoms with Gasteiger partial charge in [0, 0.05) is 35.6 Å². The maximum Gasteiger partial charge on any atom is 0.347 e. The summed E-state index contributed by atoms with van der Waals surface area (Å²) in [6.07, 6.45) is 1.26. The van der Waals surface area contributed by atoms with E-state index in [1.54, 1.807) is 27.7 Å². The highest BCUT2D eigenvalue weighted by Crippen LogP contribution is 2.11. The van der Waals surface area contributed by atoms with E-state index in [2.05, 4.69) is 18.9 Å². The van der Waals surface area contributed by atoms with E-state index in [0.29, 0.717) is 37.2 Å². The summed E-state index contributed by atoms with van der Waals surface area (Å²) in [6.45, 7) is 13.1. The third-order valence-electron chi connectivity index (χ3n) is 5.27. The number of unbranched alkanes of at least 4 members (excludes halogenated alkanes) is 1. The monoisotopic (exact) mass is 816 g/mol. The van der Waals surface area contributed by atoms with Crippen molar-refractivity contribution in [3.8, 4) is 0 Å². The zero-order valence-electron chi connectivity index (χ0n) is 30.7. The van der Waals surface area contributed by atoms with Gasteiger partial charge >= 0.3 is 23.9 Å². The molecular weight excluding hydrogens is 761 g/mol. The Hall–Kier alpha value is -1.76. The Morgan fingerprint density at radius 3 is 1.69 bits per heavy atom. The van der Waals surface area contributed by atoms with Crippen LogP contribution in [0.15, 0.2) is 0 Å². The van der Waals surface area contributed by atoms with Gasteiger partial charge in [-0.2, -0.15) is 8.67 Å². The Morgan fingerprint density at radius 2 is 1.20 bits per heavy atom. The number of ether oxygens (including phenoxy) is 4. The number of sulfonamides is 2. The molecule has 0 radical (unpaired) electrons. The molecule has 0 heterocycles. The molecule has 18 nitrogen and oxygen atoms in total. The summed E-state index contributed by atoms with van der Waals surface area (Å²) in [6, 6.07) is -1.11. The van der Waals surface area contributed by atoms with E-state index in [9.17, 15) is 36.0 Å². The van der Waals surface area contributed by atoms with Gasteiger partial charge in [0.1, 0.15) is 12.6 Å². The zero-order valence-corrected chi connectivity index (χ0v) is 33.9. The third kappa shape index (κ3) is 32.6. The van der Waals surface area contributed by atoms with Gasteiger partial charge in [-0.3, -0.25) is 9.59 Å². The first-order valence-electron chi connectivity index (χ1n) is 16.4. The molecular formula is C29H56N2O16S4. The number of hydrogen-bond acceptors (Lipinski definition) is 18. The van der Waals surface area contributed by atoms with Crippen LogP contribution in [0.4, 0.5) is 0 Å². The summed E-state index contributed by atoms with van der Waals surface area (Å²) >= 11 is 2.02. The third-order valence-corrected chi connectivity index (χ3v) is 9.48. The number of carbonyl (C=O) groups is 4. The molecule has 0 aromatic carbocycles. The maximum absolute atomic E-state index is 12.2. The molecule has 0 bridgehead atoms. The minimum Gasteiger partial charge on any atom is -0.463 e. The molecule has 0 aromatic rings. The Morgan fingerprint density at radius 1 is 0.667 bits per heavy atom. The van der Waals surface area contributed by atoms with Crippen LogP contribution in [0.1, 0.15) is 87.5 Å². The van der Waals surface area contributed by atoms with Crippen LogP contribution in [0.5, 0.6) is 0 Å². The Labute approximate surface area is 311 Å². The van der Waals surface area contributed by atoms with Crippen molar-refractivity contribution in [2.45, 2.75) is 112 Å². The second-order valence-corrected chi connectivity index (χ2v) is 16.2. The van der Waals surface area contributed by atoms with E-state index < -0.39 is 69.2 Å². The zero-order chi connectivity index (χ0) is 39.3. The van der Waals surface area contributed by atoms with E-state index in [0.717, 1.165) is 30.5 Å². The first-order chi connectivity index (χ1) is 23.9. The van der Waals surface area contributed by atoms with Gasteiger partial charge in [-0.15, -0.1) is 0 Å². The number of esters is 4. The summed E-state index contributed by atoms with van der Waals surface area (Å²) < 4.78 is 80.6. The molecule has 2 unspecified atom stereocenters. The van der Waals surface area contributed by atoms with E-state index in [1.165, 1.54) is 6.92 Å². The van der Waals surface area contributed by atoms with Gasteiger partial charge in [0.2, 0.25) is 20.0 Å². The van der Waals surface area contributed by atoms with E-state index >= 15 is 0 Å². The molecule has 0 saturated heterocycles. The summed E-state index contributed by atoms with van der Waals surface area (Å²) in [7, 11) is -7.29. The molecule has 22 heteroatoms. The van der Waals surface area contributed by atoms with Crippen LogP contribution in [0.2, 0.25) is 0 Å². The van der Waals surface area contributed by atoms with Crippen molar-refractivity contribution in [3.63, 3.8) is 0 Å². The van der Waals surface area contributed by atoms with Crippen LogP contribution in [-0.4, -0.2) is 114 Å². The molecule has 0 fully saturated rings. The topological polar surface area (TPSA) is 234 Å². The maximum atomic E-state index is 12.2. The Balaban J connectivity index is 0. The van der Waals surface area contributed by atoms with E-state index in [1.807, 2.05) is 20.8 Å². The van der Waals surface area contributed by atoms with Gasteiger partial charge in [0.25, 0.3) is 0 Å². The predicted octanol–water partition coefficient (Wildman–Crippen LogP) is 2.76. The fourth-order valence-electron chi connectivity index (χ4n) is 3.00. The van der Waals surface area contributed by atoms with Gasteiger partial charge in [-0.1, -0.05) is 13.3 Å². The van der Waals surface area contributed by atoms with Crippen molar-refractivity contribution in [2.75, 3.05) is 49.4 Å². The van der Waals surface area contributed by atoms with Gasteiger partial charge in [0.05, 0.1) is 36.9 Å². The van der Waals surface area contributed by atoms with Crippen LogP contribution < -0.4 is 9.44 Å². The molecule has 0 aliphatic rings. The molecule has 0 aliphatic heterocycles. The van der Waals surface area contributed by atoms with Crippen molar-refractivity contribution in [1.29, 1.82) is 0 Å². The summed E-state index contributed by atoms with van der Waals surface area (Å²) in [5.41, 5.74) is 0. The molecule has 2 N–H and O–H groups in total. The number of rotatable bonds is 29. The fraction of sp³-hybridized carbons (Fsp3) is 0.862. The lowest BCUT2D eigenvalue weighted by Crippen LogP contribution is -2.43. The van der Waals surface area contributed by atoms with Crippen LogP contribution in [0.25, 0.3) is 0 Å². The molecule has 51 heavy (non-hydrogen) atoms. The van der Waals surface area contributed by atoms with Gasteiger partial charge in [-0.25, -0.2) is 45.6 Å². The first-order valence-corrected chi connectivity index (χ1v) is 21.6. The van der Waals surface area contributed by atoms with Crippen molar-refractivity contribution >= 4 is 68.0 Å². The standard InChI is InChI=1S/C17H33NO8S2.C12H23NO8S2/c1-6-8-10-15(17(20)23-7-2)24-16(19)14(5)18-28(21,22)12-9-11-27-26-25-13(3)4;1-4-18-12(15)9-19-11(14)8-13-23(16,17)7-5-6-22-21-20-10(2)3/h13-15,18H,6-12H2,1-5H3;10,13H,4-9H2,1-3H3. The highest BCUT2D eigenvalue weighted by atomic mass is 32.2. The average Bonchev–Trinajstić information content (AvgIpc) is 3.04. The number of hydrogen-bond donors (Lipinski definition) is 2. The van der Waals surface area contributed by atoms with Gasteiger partial charge in [-0.05, 0) is 74.1 Å². The van der Waals surface area contributed by atoms with Crippen LogP contribution in [0, 0.1) is 0 Å². The molecule has 0 saturated carbocycles. The number of carbonyl (C=O) groups excluding carboxylic acids is 4. The van der Waals surface area contributed by atoms with E-state index in [-0.39, 0.29) is 36.9 Å². The molecule has 0 rings (SSSR count). The van der Waals surface area contributed by atoms with Gasteiger partial charge < -0.3 is 18.9 Å². The second kappa shape index (κ2) is 30.7. The van der Waals surface area contributed by atoms with E-state index in [4.69, 9.17) is 27.9 Å². The largest absolute Gasteiger partial charge is 0.463 e. The number of nitrogens with one attached hydrogen (secondary N) is 2. The van der Waals surface area contributed by atoms with Crippen LogP contribution >= 0.6 is 24.1 Å². The molecule has 0 aromatic heterocycles. The molecule has 0 aliphatic carbocycles. The quantitative estimate of drug-likeness (QED) is 0.0276. The highest BCUT2D eigenvalue weighted by Gasteiger charge is 2.28. The fourth-order valence-corrected chi connectivity index (χ4v) is 6.73.